The van der Waals surface area contributed by atoms with Gasteiger partial charge in [0.25, 0.3) is 23.6 Å². The van der Waals surface area contributed by atoms with Crippen LogP contribution in [0, 0.1) is 12.2 Å². The second-order valence-electron chi connectivity index (χ2n) is 2.86. The van der Waals surface area contributed by atoms with Crippen LogP contribution in [0.4, 0.5) is 0 Å². The predicted octanol–water partition coefficient (Wildman–Crippen LogP) is -1.60. The minimum atomic E-state index is -0.660. The number of nitrogens with zero attached hydrogens (tertiary/aromatic N) is 2. The van der Waals surface area contributed by atoms with E-state index >= 15 is 0 Å². The van der Waals surface area contributed by atoms with Gasteiger partial charge in [0.2, 0.25) is 0 Å². The molecule has 0 spiro atoms. The van der Waals surface area contributed by atoms with E-state index in [4.69, 9.17) is 0 Å². The molecule has 0 bridgehead atoms. The summed E-state index contributed by atoms with van der Waals surface area (Å²) in [6.45, 7) is -0.387. The highest BCUT2D eigenvalue weighted by atomic mass is 16.2. The van der Waals surface area contributed by atoms with Crippen molar-refractivity contribution in [3.63, 3.8) is 0 Å². The zero-order valence-electron chi connectivity index (χ0n) is 7.39. The number of carbonyl (C=O) groups excluding carboxylic acids is 4. The molecule has 0 saturated carbocycles. The molecule has 0 saturated heterocycles. The third kappa shape index (κ3) is 1.45. The molecule has 2 rings (SSSR count). The summed E-state index contributed by atoms with van der Waals surface area (Å²) in [5.74, 6) is -2.50. The van der Waals surface area contributed by atoms with Gasteiger partial charge in [0, 0.05) is 12.2 Å². The van der Waals surface area contributed by atoms with Crippen LogP contribution in [-0.2, 0) is 19.2 Å². The van der Waals surface area contributed by atoms with E-state index in [0.29, 0.717) is 0 Å². The Hall–Kier alpha value is -2.24. The molecule has 0 aromatic heterocycles. The maximum absolute atomic E-state index is 11.1. The molecule has 6 heteroatoms. The van der Waals surface area contributed by atoms with Gasteiger partial charge in [-0.25, -0.2) is 0 Å². The third-order valence-electron chi connectivity index (χ3n) is 1.94. The van der Waals surface area contributed by atoms with Gasteiger partial charge in [0.05, 0.1) is 12.2 Å². The van der Waals surface area contributed by atoms with Crippen LogP contribution < -0.4 is 0 Å². The number of imide groups is 2. The number of carbonyl (C=O) groups is 4. The number of hydrogen-bond donors (Lipinski definition) is 0. The Morgan fingerprint density at radius 1 is 0.867 bits per heavy atom. The Labute approximate surface area is 84.4 Å². The standard InChI is InChI=1S/C9H4N2O4/c12-6-1-2-7(13)10(6)5-11-8(14)3-4-9(11)15/h1,3H,5H2. The Balaban J connectivity index is 2.10. The van der Waals surface area contributed by atoms with E-state index in [2.05, 4.69) is 12.2 Å². The Kier molecular flexibility index (Phi) is 1.96. The first-order valence-corrected chi connectivity index (χ1v) is 4.00. The zero-order chi connectivity index (χ0) is 11.0. The average molecular weight is 204 g/mol. The Morgan fingerprint density at radius 2 is 1.27 bits per heavy atom. The van der Waals surface area contributed by atoms with E-state index < -0.39 is 23.6 Å². The van der Waals surface area contributed by atoms with E-state index in [9.17, 15) is 19.2 Å². The monoisotopic (exact) mass is 204 g/mol. The lowest BCUT2D eigenvalue weighted by Gasteiger charge is -2.20. The highest BCUT2D eigenvalue weighted by Crippen LogP contribution is 2.08. The summed E-state index contributed by atoms with van der Waals surface area (Å²) in [7, 11) is 0. The summed E-state index contributed by atoms with van der Waals surface area (Å²) >= 11 is 0. The molecule has 0 fully saturated rings. The van der Waals surface area contributed by atoms with Gasteiger partial charge in [-0.15, -0.1) is 0 Å². The van der Waals surface area contributed by atoms with Crippen LogP contribution in [0.1, 0.15) is 0 Å². The summed E-state index contributed by atoms with van der Waals surface area (Å²) in [6, 6.07) is 0. The zero-order valence-corrected chi connectivity index (χ0v) is 7.39. The molecule has 2 aliphatic rings. The molecule has 2 heterocycles. The summed E-state index contributed by atoms with van der Waals surface area (Å²) in [5.41, 5.74) is 0. The second-order valence-corrected chi connectivity index (χ2v) is 2.86. The topological polar surface area (TPSA) is 74.8 Å². The van der Waals surface area contributed by atoms with Crippen molar-refractivity contribution in [2.45, 2.75) is 0 Å². The lowest BCUT2D eigenvalue weighted by molar-refractivity contribution is -0.145. The van der Waals surface area contributed by atoms with Crippen molar-refractivity contribution < 1.29 is 19.2 Å². The molecule has 0 atom stereocenters. The molecular formula is C9H4N2O4. The number of hydrogen-bond acceptors (Lipinski definition) is 4. The maximum atomic E-state index is 11.1. The summed E-state index contributed by atoms with van der Waals surface area (Å²) in [5, 5.41) is 0. The second kappa shape index (κ2) is 3.16. The predicted molar refractivity (Wildman–Crippen MR) is 44.2 cm³/mol. The van der Waals surface area contributed by atoms with Crippen LogP contribution in [0.5, 0.6) is 0 Å². The lowest BCUT2D eigenvalue weighted by atomic mass is 10.5. The van der Waals surface area contributed by atoms with E-state index in [-0.39, 0.29) is 6.67 Å². The van der Waals surface area contributed by atoms with Gasteiger partial charge < -0.3 is 0 Å². The fraction of sp³-hybridized carbons (Fsp3) is 0.111. The van der Waals surface area contributed by atoms with Crippen molar-refractivity contribution in [3.05, 3.63) is 24.3 Å². The van der Waals surface area contributed by atoms with Crippen molar-refractivity contribution in [1.29, 1.82) is 0 Å². The van der Waals surface area contributed by atoms with Gasteiger partial charge in [-0.2, -0.15) is 0 Å². The van der Waals surface area contributed by atoms with E-state index in [1.807, 2.05) is 0 Å². The van der Waals surface area contributed by atoms with E-state index in [0.717, 1.165) is 22.0 Å². The fourth-order valence-corrected chi connectivity index (χ4v) is 1.17. The van der Waals surface area contributed by atoms with Gasteiger partial charge in [-0.05, 0) is 0 Å². The largest absolute Gasteiger partial charge is 0.269 e. The van der Waals surface area contributed by atoms with Gasteiger partial charge in [0.15, 0.2) is 0 Å². The normalized spacial score (nSPS) is 20.0. The first-order chi connectivity index (χ1) is 7.09. The van der Waals surface area contributed by atoms with Crippen LogP contribution in [0.15, 0.2) is 12.2 Å². The van der Waals surface area contributed by atoms with Crippen LogP contribution in [0.3, 0.4) is 0 Å². The number of amides is 4. The van der Waals surface area contributed by atoms with Crippen LogP contribution in [0.2, 0.25) is 0 Å². The fourth-order valence-electron chi connectivity index (χ4n) is 1.17. The van der Waals surface area contributed by atoms with Gasteiger partial charge in [0.1, 0.15) is 6.67 Å². The summed E-state index contributed by atoms with van der Waals surface area (Å²) < 4.78 is 0. The SMILES string of the molecule is O=C1[C]=CC(=O)N1CN1C(=O)[C]=CC1=O. The molecule has 0 aliphatic carbocycles. The highest BCUT2D eigenvalue weighted by Gasteiger charge is 2.32. The highest BCUT2D eigenvalue weighted by molar-refractivity contribution is 6.13. The van der Waals surface area contributed by atoms with E-state index in [1.165, 1.54) is 0 Å². The van der Waals surface area contributed by atoms with Crippen molar-refractivity contribution in [2.24, 2.45) is 0 Å². The molecule has 15 heavy (non-hydrogen) atoms. The molecule has 0 unspecified atom stereocenters. The maximum Gasteiger partial charge on any atom is 0.263 e. The molecule has 74 valence electrons. The molecule has 2 radical (unpaired) electrons. The molecule has 2 aliphatic heterocycles. The molecule has 6 nitrogen and oxygen atoms in total. The van der Waals surface area contributed by atoms with Crippen LogP contribution in [-0.4, -0.2) is 40.1 Å². The molecule has 0 aromatic carbocycles. The summed E-state index contributed by atoms with van der Waals surface area (Å²) in [4.78, 5) is 45.8. The Morgan fingerprint density at radius 3 is 1.53 bits per heavy atom. The first kappa shape index (κ1) is 9.32. The van der Waals surface area contributed by atoms with Gasteiger partial charge in [-0.1, -0.05) is 0 Å². The van der Waals surface area contributed by atoms with Gasteiger partial charge in [-0.3, -0.25) is 29.0 Å². The smallest absolute Gasteiger partial charge is 0.263 e. The quantitative estimate of drug-likeness (QED) is 0.508. The molecule has 0 aromatic rings. The molecule has 0 N–H and O–H groups in total. The van der Waals surface area contributed by atoms with Crippen molar-refractivity contribution in [2.75, 3.05) is 6.67 Å². The third-order valence-corrected chi connectivity index (χ3v) is 1.94. The molecular weight excluding hydrogens is 200 g/mol. The van der Waals surface area contributed by atoms with Crippen molar-refractivity contribution >= 4 is 23.6 Å². The van der Waals surface area contributed by atoms with Gasteiger partial charge >= 0.3 is 0 Å². The minimum absolute atomic E-state index is 0.387. The Bertz CT molecular complexity index is 359. The lowest BCUT2D eigenvalue weighted by Crippen LogP contribution is -2.44. The van der Waals surface area contributed by atoms with Crippen LogP contribution in [0.25, 0.3) is 0 Å². The summed E-state index contributed by atoms with van der Waals surface area (Å²) in [6.07, 6.45) is 6.24. The van der Waals surface area contributed by atoms with E-state index in [1.54, 1.807) is 0 Å². The van der Waals surface area contributed by atoms with Crippen molar-refractivity contribution in [3.8, 4) is 0 Å². The van der Waals surface area contributed by atoms with Crippen LogP contribution >= 0.6 is 0 Å². The minimum Gasteiger partial charge on any atom is -0.269 e. The van der Waals surface area contributed by atoms with Crippen molar-refractivity contribution in [1.82, 2.24) is 9.80 Å². The molecule has 4 amide bonds. The first-order valence-electron chi connectivity index (χ1n) is 4.00. The number of rotatable bonds is 2. The average Bonchev–Trinajstić information content (AvgIpc) is 2.67.